The predicted octanol–water partition coefficient (Wildman–Crippen LogP) is 2.54. The zero-order chi connectivity index (χ0) is 16.4. The van der Waals surface area contributed by atoms with Crippen LogP contribution in [0.5, 0.6) is 0 Å². The molecule has 0 fully saturated rings. The molecule has 0 aliphatic rings. The van der Waals surface area contributed by atoms with Gasteiger partial charge in [-0.05, 0) is 24.0 Å². The first kappa shape index (κ1) is 16.2. The smallest absolute Gasteiger partial charge is 0.250 e. The highest BCUT2D eigenvalue weighted by Crippen LogP contribution is 2.30. The van der Waals surface area contributed by atoms with Crippen molar-refractivity contribution in [1.82, 2.24) is 4.98 Å². The second-order valence-electron chi connectivity index (χ2n) is 4.64. The van der Waals surface area contributed by atoms with Crippen molar-refractivity contribution in [2.75, 3.05) is 5.32 Å². The maximum Gasteiger partial charge on any atom is 0.250 e. The number of rotatable bonds is 4. The molecule has 0 saturated heterocycles. The SMILES string of the molecule is C[B]c1cc(C)cnc1Nc1c(C(N)=O)cc(Cl)c(F)c1F. The van der Waals surface area contributed by atoms with E-state index in [9.17, 15) is 13.6 Å². The molecule has 1 heterocycles. The summed E-state index contributed by atoms with van der Waals surface area (Å²) in [6.07, 6.45) is 1.56. The van der Waals surface area contributed by atoms with Crippen LogP contribution in [0.4, 0.5) is 20.3 Å². The zero-order valence-electron chi connectivity index (χ0n) is 11.9. The highest BCUT2D eigenvalue weighted by Gasteiger charge is 2.21. The van der Waals surface area contributed by atoms with Gasteiger partial charge in [-0.3, -0.25) is 4.79 Å². The van der Waals surface area contributed by atoms with Crippen LogP contribution in [0.15, 0.2) is 18.3 Å². The van der Waals surface area contributed by atoms with Gasteiger partial charge in [0.1, 0.15) is 5.82 Å². The van der Waals surface area contributed by atoms with Gasteiger partial charge in [-0.2, -0.15) is 0 Å². The number of nitrogens with zero attached hydrogens (tertiary/aromatic N) is 1. The Balaban J connectivity index is 2.58. The highest BCUT2D eigenvalue weighted by atomic mass is 35.5. The molecule has 0 aliphatic heterocycles. The molecule has 8 heteroatoms. The molecule has 22 heavy (non-hydrogen) atoms. The summed E-state index contributed by atoms with van der Waals surface area (Å²) < 4.78 is 27.8. The van der Waals surface area contributed by atoms with E-state index >= 15 is 0 Å². The van der Waals surface area contributed by atoms with Crippen LogP contribution in [0.3, 0.4) is 0 Å². The Morgan fingerprint density at radius 2 is 2.05 bits per heavy atom. The average molecular weight is 323 g/mol. The molecule has 0 bridgehead atoms. The lowest BCUT2D eigenvalue weighted by Gasteiger charge is -2.15. The Bertz CT molecular complexity index is 755. The van der Waals surface area contributed by atoms with Gasteiger partial charge >= 0.3 is 0 Å². The number of pyridine rings is 1. The first-order valence-corrected chi connectivity index (χ1v) is 6.73. The fourth-order valence-electron chi connectivity index (χ4n) is 1.95. The number of benzene rings is 1. The summed E-state index contributed by atoms with van der Waals surface area (Å²) in [7, 11) is 1.75. The van der Waals surface area contributed by atoms with E-state index in [-0.39, 0.29) is 11.4 Å². The summed E-state index contributed by atoms with van der Waals surface area (Å²) >= 11 is 5.55. The third kappa shape index (κ3) is 3.04. The summed E-state index contributed by atoms with van der Waals surface area (Å²) in [4.78, 5) is 15.6. The van der Waals surface area contributed by atoms with E-state index in [1.54, 1.807) is 20.3 Å². The minimum Gasteiger partial charge on any atom is -0.366 e. The van der Waals surface area contributed by atoms with E-state index in [2.05, 4.69) is 10.3 Å². The molecule has 3 N–H and O–H groups in total. The maximum absolute atomic E-state index is 14.1. The van der Waals surface area contributed by atoms with Crippen LogP contribution in [0, 0.1) is 18.6 Å². The van der Waals surface area contributed by atoms with Crippen molar-refractivity contribution in [3.8, 4) is 0 Å². The Morgan fingerprint density at radius 1 is 1.36 bits per heavy atom. The summed E-state index contributed by atoms with van der Waals surface area (Å²) in [5.41, 5.74) is 6.12. The Labute approximate surface area is 131 Å². The van der Waals surface area contributed by atoms with E-state index < -0.39 is 28.3 Å². The van der Waals surface area contributed by atoms with Crippen LogP contribution in [0.2, 0.25) is 11.8 Å². The molecule has 0 saturated carbocycles. The predicted molar refractivity (Wildman–Crippen MR) is 83.4 cm³/mol. The van der Waals surface area contributed by atoms with Crippen molar-refractivity contribution in [1.29, 1.82) is 0 Å². The zero-order valence-corrected chi connectivity index (χ0v) is 12.6. The van der Waals surface area contributed by atoms with Crippen molar-refractivity contribution >= 4 is 41.8 Å². The molecule has 1 radical (unpaired) electrons. The van der Waals surface area contributed by atoms with Gasteiger partial charge in [0.25, 0.3) is 5.91 Å². The monoisotopic (exact) mass is 322 g/mol. The molecule has 1 aromatic heterocycles. The molecule has 1 aromatic carbocycles. The van der Waals surface area contributed by atoms with Gasteiger partial charge in [0.05, 0.1) is 16.3 Å². The summed E-state index contributed by atoms with van der Waals surface area (Å²) in [5, 5.41) is 2.10. The first-order valence-electron chi connectivity index (χ1n) is 6.35. The first-order chi connectivity index (χ1) is 10.3. The van der Waals surface area contributed by atoms with Crippen LogP contribution in [0.25, 0.3) is 0 Å². The summed E-state index contributed by atoms with van der Waals surface area (Å²) in [6, 6.07) is 2.79. The fraction of sp³-hybridized carbons (Fsp3) is 0.143. The van der Waals surface area contributed by atoms with E-state index in [4.69, 9.17) is 17.3 Å². The van der Waals surface area contributed by atoms with Crippen molar-refractivity contribution < 1.29 is 13.6 Å². The molecule has 0 aliphatic carbocycles. The van der Waals surface area contributed by atoms with E-state index in [1.165, 1.54) is 0 Å². The number of aromatic nitrogens is 1. The third-order valence-electron chi connectivity index (χ3n) is 3.04. The second kappa shape index (κ2) is 6.31. The number of halogens is 3. The number of hydrogen-bond acceptors (Lipinski definition) is 3. The normalized spacial score (nSPS) is 10.4. The second-order valence-corrected chi connectivity index (χ2v) is 5.04. The van der Waals surface area contributed by atoms with Gasteiger partial charge in [0.2, 0.25) is 0 Å². The van der Waals surface area contributed by atoms with E-state index in [0.29, 0.717) is 5.46 Å². The molecule has 2 aromatic rings. The molecule has 2 rings (SSSR count). The van der Waals surface area contributed by atoms with Gasteiger partial charge < -0.3 is 11.1 Å². The molecule has 0 atom stereocenters. The van der Waals surface area contributed by atoms with Crippen LogP contribution < -0.4 is 16.5 Å². The van der Waals surface area contributed by atoms with E-state index in [1.807, 2.05) is 13.0 Å². The minimum atomic E-state index is -1.29. The molecule has 1 amide bonds. The number of nitrogens with one attached hydrogen (secondary N) is 1. The van der Waals surface area contributed by atoms with Gasteiger partial charge in [-0.25, -0.2) is 13.8 Å². The number of nitrogens with two attached hydrogens (primary N) is 1. The fourth-order valence-corrected chi connectivity index (χ4v) is 2.14. The highest BCUT2D eigenvalue weighted by molar-refractivity contribution is 6.54. The molecule has 4 nitrogen and oxygen atoms in total. The van der Waals surface area contributed by atoms with Gasteiger partial charge in [-0.1, -0.05) is 24.5 Å². The quantitative estimate of drug-likeness (QED) is 0.671. The van der Waals surface area contributed by atoms with Crippen molar-refractivity contribution in [3.63, 3.8) is 0 Å². The number of amides is 1. The van der Waals surface area contributed by atoms with Gasteiger partial charge in [-0.15, -0.1) is 0 Å². The molecular weight excluding hydrogens is 310 g/mol. The van der Waals surface area contributed by atoms with Crippen LogP contribution >= 0.6 is 11.6 Å². The van der Waals surface area contributed by atoms with Crippen LogP contribution in [0.1, 0.15) is 15.9 Å². The lowest BCUT2D eigenvalue weighted by atomic mass is 9.73. The number of anilines is 2. The average Bonchev–Trinajstić information content (AvgIpc) is 2.48. The summed E-state index contributed by atoms with van der Waals surface area (Å²) in [5.74, 6) is -3.21. The topological polar surface area (TPSA) is 68.0 Å². The Hall–Kier alpha value is -2.15. The van der Waals surface area contributed by atoms with Crippen LogP contribution in [-0.4, -0.2) is 18.2 Å². The standard InChI is InChI=1S/C14H12BClF2N3O/c1-6-3-8(15-2)14(20-5-6)21-12-7(13(19)22)4-9(16)10(17)11(12)18/h3-5H,1-2H3,(H2,19,22)(H,20,21). The van der Waals surface area contributed by atoms with Gasteiger partial charge in [0.15, 0.2) is 18.9 Å². The summed E-state index contributed by atoms with van der Waals surface area (Å²) in [6.45, 7) is 3.62. The molecule has 0 spiro atoms. The number of carbonyl (C=O) groups is 1. The van der Waals surface area contributed by atoms with E-state index in [0.717, 1.165) is 11.6 Å². The Morgan fingerprint density at radius 3 is 2.64 bits per heavy atom. The number of aryl methyl sites for hydroxylation is 1. The number of hydrogen-bond donors (Lipinski definition) is 2. The van der Waals surface area contributed by atoms with Gasteiger partial charge in [0, 0.05) is 6.20 Å². The molecule has 0 unspecified atom stereocenters. The van der Waals surface area contributed by atoms with Crippen molar-refractivity contribution in [2.24, 2.45) is 5.73 Å². The van der Waals surface area contributed by atoms with Crippen LogP contribution in [-0.2, 0) is 0 Å². The number of carbonyl (C=O) groups excluding carboxylic acids is 1. The maximum atomic E-state index is 14.1. The minimum absolute atomic E-state index is 0.256. The molecule has 113 valence electrons. The number of primary amides is 1. The third-order valence-corrected chi connectivity index (χ3v) is 3.31. The lowest BCUT2D eigenvalue weighted by Crippen LogP contribution is -2.21. The largest absolute Gasteiger partial charge is 0.366 e. The Kier molecular flexibility index (Phi) is 4.66. The van der Waals surface area contributed by atoms with Crippen molar-refractivity contribution in [2.45, 2.75) is 13.7 Å². The molecular formula is C14H12BClF2N3O. The lowest BCUT2D eigenvalue weighted by molar-refractivity contribution is 0.100. The van der Waals surface area contributed by atoms with Crippen molar-refractivity contribution in [3.05, 3.63) is 46.1 Å².